The molecule has 1 aliphatic rings. The zero-order chi connectivity index (χ0) is 32.3. The lowest BCUT2D eigenvalue weighted by Crippen LogP contribution is -2.39. The van der Waals surface area contributed by atoms with Crippen LogP contribution in [0.1, 0.15) is 245 Å². The Hall–Kier alpha value is -0.660. The van der Waals surface area contributed by atoms with E-state index in [1.807, 2.05) is 0 Å². The number of rotatable bonds is 37. The number of hydrogen-bond acceptors (Lipinski definition) is 2. The van der Waals surface area contributed by atoms with Gasteiger partial charge in [0.05, 0.1) is 0 Å². The summed E-state index contributed by atoms with van der Waals surface area (Å²) in [4.78, 5) is 5.45. The monoisotopic (exact) mass is 631 g/mol. The zero-order valence-electron chi connectivity index (χ0n) is 31.8. The van der Waals surface area contributed by atoms with Crippen LogP contribution in [0, 0.1) is 0 Å². The number of nitrogens with zero attached hydrogens (tertiary/aromatic N) is 2. The lowest BCUT2D eigenvalue weighted by Gasteiger charge is -2.33. The fourth-order valence-corrected chi connectivity index (χ4v) is 7.42. The lowest BCUT2D eigenvalue weighted by molar-refractivity contribution is 0.135. The summed E-state index contributed by atoms with van der Waals surface area (Å²) < 4.78 is 0. The summed E-state index contributed by atoms with van der Waals surface area (Å²) in [6, 6.07) is 0. The molecular weight excluding hydrogens is 544 g/mol. The van der Waals surface area contributed by atoms with Crippen molar-refractivity contribution in [1.82, 2.24) is 9.80 Å². The van der Waals surface area contributed by atoms with Gasteiger partial charge in [-0.05, 0) is 25.7 Å². The fraction of sp³-hybridized carbons (Fsp3) is 0.953. The van der Waals surface area contributed by atoms with E-state index in [-0.39, 0.29) is 0 Å². The average Bonchev–Trinajstić information content (AvgIpc) is 3.43. The van der Waals surface area contributed by atoms with Crippen LogP contribution in [0.4, 0.5) is 0 Å². The molecule has 0 saturated heterocycles. The molecule has 1 aliphatic heterocycles. The van der Waals surface area contributed by atoms with Crippen LogP contribution in [-0.2, 0) is 0 Å². The molecule has 0 radical (unpaired) electrons. The van der Waals surface area contributed by atoms with Crippen LogP contribution in [0.2, 0.25) is 0 Å². The summed E-state index contributed by atoms with van der Waals surface area (Å²) in [7, 11) is 0. The minimum atomic E-state index is 0.638. The summed E-state index contributed by atoms with van der Waals surface area (Å²) in [6.07, 6.45) is 55.9. The van der Waals surface area contributed by atoms with Crippen molar-refractivity contribution in [2.45, 2.75) is 252 Å². The predicted octanol–water partition coefficient (Wildman–Crippen LogP) is 15.1. The molecule has 0 amide bonds. The van der Waals surface area contributed by atoms with Gasteiger partial charge in [-0.15, -0.1) is 0 Å². The van der Waals surface area contributed by atoms with Crippen molar-refractivity contribution in [2.75, 3.05) is 13.1 Å². The topological polar surface area (TPSA) is 6.48 Å². The maximum atomic E-state index is 2.73. The van der Waals surface area contributed by atoms with Gasteiger partial charge >= 0.3 is 0 Å². The van der Waals surface area contributed by atoms with Crippen molar-refractivity contribution in [3.63, 3.8) is 0 Å². The maximum absolute atomic E-state index is 2.73. The molecule has 0 fully saturated rings. The van der Waals surface area contributed by atoms with E-state index >= 15 is 0 Å². The van der Waals surface area contributed by atoms with Crippen molar-refractivity contribution in [3.05, 3.63) is 12.4 Å². The van der Waals surface area contributed by atoms with Crippen LogP contribution >= 0.6 is 0 Å². The van der Waals surface area contributed by atoms with E-state index in [4.69, 9.17) is 0 Å². The zero-order valence-corrected chi connectivity index (χ0v) is 31.8. The molecule has 0 aromatic rings. The molecule has 268 valence electrons. The van der Waals surface area contributed by atoms with E-state index in [9.17, 15) is 0 Å². The third-order valence-electron chi connectivity index (χ3n) is 10.6. The summed E-state index contributed by atoms with van der Waals surface area (Å²) in [5, 5.41) is 0. The van der Waals surface area contributed by atoms with Gasteiger partial charge in [0.25, 0.3) is 0 Å². The van der Waals surface area contributed by atoms with Gasteiger partial charge in [0, 0.05) is 25.5 Å². The SMILES string of the molecule is CCCCCCCCCCCCCCCN1C=CN(CCCCCCCCCCC)C1CCCCCCCCCCCCCC. The van der Waals surface area contributed by atoms with E-state index in [0.717, 1.165) is 0 Å². The Labute approximate surface area is 286 Å². The first kappa shape index (κ1) is 42.4. The van der Waals surface area contributed by atoms with E-state index in [1.165, 1.54) is 238 Å². The molecule has 0 aromatic heterocycles. The van der Waals surface area contributed by atoms with Crippen LogP contribution in [0.5, 0.6) is 0 Å². The van der Waals surface area contributed by atoms with Gasteiger partial charge in [-0.25, -0.2) is 0 Å². The fourth-order valence-electron chi connectivity index (χ4n) is 7.42. The normalized spacial score (nSPS) is 14.8. The number of hydrogen-bond donors (Lipinski definition) is 0. The largest absolute Gasteiger partial charge is 0.356 e. The molecular formula is C43H86N2. The van der Waals surface area contributed by atoms with Crippen molar-refractivity contribution in [1.29, 1.82) is 0 Å². The standard InChI is InChI=1S/C43H86N2/c1-4-7-10-13-16-19-21-23-25-28-31-34-37-40-45-42-41-44(39-36-33-30-27-18-15-12-9-6-3)43(45)38-35-32-29-26-24-22-20-17-14-11-8-5-2/h41-43H,4-40H2,1-3H3. The number of unbranched alkanes of at least 4 members (excludes halogenated alkanes) is 31. The van der Waals surface area contributed by atoms with Crippen molar-refractivity contribution in [3.8, 4) is 0 Å². The van der Waals surface area contributed by atoms with Gasteiger partial charge in [-0.1, -0.05) is 220 Å². The molecule has 2 heteroatoms. The smallest absolute Gasteiger partial charge is 0.101 e. The first-order valence-corrected chi connectivity index (χ1v) is 21.5. The summed E-state index contributed by atoms with van der Waals surface area (Å²) >= 11 is 0. The molecule has 1 heterocycles. The first-order valence-electron chi connectivity index (χ1n) is 21.5. The average molecular weight is 631 g/mol. The van der Waals surface area contributed by atoms with Gasteiger partial charge in [-0.3, -0.25) is 0 Å². The Bertz CT molecular complexity index is 586. The van der Waals surface area contributed by atoms with Crippen LogP contribution in [0.25, 0.3) is 0 Å². The van der Waals surface area contributed by atoms with E-state index in [2.05, 4.69) is 43.0 Å². The quantitative estimate of drug-likeness (QED) is 0.0630. The molecule has 0 saturated carbocycles. The van der Waals surface area contributed by atoms with Crippen LogP contribution in [-0.4, -0.2) is 29.1 Å². The van der Waals surface area contributed by atoms with Gasteiger partial charge < -0.3 is 9.80 Å². The molecule has 0 N–H and O–H groups in total. The van der Waals surface area contributed by atoms with Crippen LogP contribution < -0.4 is 0 Å². The third kappa shape index (κ3) is 27.0. The first-order chi connectivity index (χ1) is 22.3. The molecule has 1 rings (SSSR count). The van der Waals surface area contributed by atoms with Crippen molar-refractivity contribution < 1.29 is 0 Å². The van der Waals surface area contributed by atoms with E-state index in [0.29, 0.717) is 6.17 Å². The highest BCUT2D eigenvalue weighted by molar-refractivity contribution is 4.97. The minimum Gasteiger partial charge on any atom is -0.356 e. The Balaban J connectivity index is 2.21. The highest BCUT2D eigenvalue weighted by atomic mass is 15.4. The Morgan fingerprint density at radius 3 is 0.778 bits per heavy atom. The Morgan fingerprint density at radius 1 is 0.289 bits per heavy atom. The van der Waals surface area contributed by atoms with E-state index < -0.39 is 0 Å². The molecule has 0 bridgehead atoms. The van der Waals surface area contributed by atoms with Gasteiger partial charge in [0.1, 0.15) is 6.17 Å². The third-order valence-corrected chi connectivity index (χ3v) is 10.6. The molecule has 0 aromatic carbocycles. The van der Waals surface area contributed by atoms with Crippen molar-refractivity contribution >= 4 is 0 Å². The molecule has 0 aliphatic carbocycles. The van der Waals surface area contributed by atoms with Gasteiger partial charge in [0.15, 0.2) is 0 Å². The second kappa shape index (κ2) is 34.7. The maximum Gasteiger partial charge on any atom is 0.101 e. The molecule has 1 atom stereocenters. The second-order valence-corrected chi connectivity index (χ2v) is 15.0. The summed E-state index contributed by atoms with van der Waals surface area (Å²) in [6.45, 7) is 9.49. The summed E-state index contributed by atoms with van der Waals surface area (Å²) in [5.41, 5.74) is 0. The lowest BCUT2D eigenvalue weighted by atomic mass is 10.0. The van der Waals surface area contributed by atoms with Crippen LogP contribution in [0.3, 0.4) is 0 Å². The molecule has 45 heavy (non-hydrogen) atoms. The second-order valence-electron chi connectivity index (χ2n) is 15.0. The highest BCUT2D eigenvalue weighted by Crippen LogP contribution is 2.24. The van der Waals surface area contributed by atoms with Gasteiger partial charge in [0.2, 0.25) is 0 Å². The van der Waals surface area contributed by atoms with Gasteiger partial charge in [-0.2, -0.15) is 0 Å². The van der Waals surface area contributed by atoms with E-state index in [1.54, 1.807) is 0 Å². The Kier molecular flexibility index (Phi) is 32.6. The molecule has 0 spiro atoms. The van der Waals surface area contributed by atoms with Crippen LogP contribution in [0.15, 0.2) is 12.4 Å². The molecule has 1 unspecified atom stereocenters. The molecule has 2 nitrogen and oxygen atoms in total. The minimum absolute atomic E-state index is 0.638. The van der Waals surface area contributed by atoms with Crippen molar-refractivity contribution in [2.24, 2.45) is 0 Å². The highest BCUT2D eigenvalue weighted by Gasteiger charge is 2.24. The summed E-state index contributed by atoms with van der Waals surface area (Å²) in [5.74, 6) is 0. The Morgan fingerprint density at radius 2 is 0.511 bits per heavy atom. The predicted molar refractivity (Wildman–Crippen MR) is 205 cm³/mol.